The number of hydrogen-bond acceptors (Lipinski definition) is 9. The number of hydrogen-bond donors (Lipinski definition) is 2. The highest BCUT2D eigenvalue weighted by atomic mass is 79.9. The smallest absolute Gasteiger partial charge is 0.222 e. The third-order valence-electron chi connectivity index (χ3n) is 5.08. The molecule has 0 atom stereocenters. The molecule has 1 aliphatic rings. The first-order valence-electron chi connectivity index (χ1n) is 10.5. The molecule has 0 aliphatic carbocycles. The van der Waals surface area contributed by atoms with E-state index < -0.39 is 0 Å². The number of halogens is 1. The van der Waals surface area contributed by atoms with E-state index in [0.29, 0.717) is 38.0 Å². The van der Waals surface area contributed by atoms with Crippen LogP contribution in [0.1, 0.15) is 27.0 Å². The quantitative estimate of drug-likeness (QED) is 0.299. The van der Waals surface area contributed by atoms with Crippen molar-refractivity contribution in [3.8, 4) is 11.5 Å². The van der Waals surface area contributed by atoms with Crippen molar-refractivity contribution in [2.45, 2.75) is 18.2 Å². The zero-order valence-electron chi connectivity index (χ0n) is 18.2. The van der Waals surface area contributed by atoms with Gasteiger partial charge in [0.15, 0.2) is 11.5 Å². The summed E-state index contributed by atoms with van der Waals surface area (Å²) in [6, 6.07) is 10.6. The fourth-order valence-corrected chi connectivity index (χ4v) is 4.74. The van der Waals surface area contributed by atoms with Gasteiger partial charge in [0.2, 0.25) is 11.7 Å². The number of aromatic hydroxyl groups is 1. The molecule has 0 fully saturated rings. The van der Waals surface area contributed by atoms with Gasteiger partial charge in [0, 0.05) is 47.6 Å². The number of aromatic nitrogens is 4. The molecule has 3 aromatic heterocycles. The number of benzene rings is 1. The molecule has 5 rings (SSSR count). The highest BCUT2D eigenvalue weighted by Crippen LogP contribution is 2.41. The Labute approximate surface area is 213 Å². The maximum Gasteiger partial charge on any atom is 0.222 e. The third-order valence-corrected chi connectivity index (χ3v) is 6.81. The molecule has 0 spiro atoms. The van der Waals surface area contributed by atoms with E-state index in [2.05, 4.69) is 41.2 Å². The molecule has 0 amide bonds. The van der Waals surface area contributed by atoms with E-state index in [9.17, 15) is 9.90 Å². The van der Waals surface area contributed by atoms with Crippen LogP contribution in [-0.4, -0.2) is 30.8 Å². The number of pyridine rings is 2. The summed E-state index contributed by atoms with van der Waals surface area (Å²) in [7, 11) is 0. The van der Waals surface area contributed by atoms with E-state index >= 15 is 0 Å². The van der Waals surface area contributed by atoms with Crippen molar-refractivity contribution in [1.82, 2.24) is 19.9 Å². The Morgan fingerprint density at radius 2 is 1.89 bits per heavy atom. The lowest BCUT2D eigenvalue weighted by molar-refractivity contribution is 0.104. The van der Waals surface area contributed by atoms with Gasteiger partial charge >= 0.3 is 0 Å². The number of phenolic OH excluding ortho intramolecular Hbond substituents is 1. The molecular weight excluding hydrogens is 530 g/mol. The molecule has 1 aliphatic heterocycles. The highest BCUT2D eigenvalue weighted by molar-refractivity contribution is 9.10. The summed E-state index contributed by atoms with van der Waals surface area (Å²) in [6.45, 7) is 0.730. The van der Waals surface area contributed by atoms with Gasteiger partial charge < -0.3 is 15.2 Å². The number of carbonyl (C=O) groups is 1. The zero-order valence-corrected chi connectivity index (χ0v) is 20.6. The molecule has 0 saturated carbocycles. The summed E-state index contributed by atoms with van der Waals surface area (Å²) in [4.78, 5) is 30.2. The number of phenols is 1. The van der Waals surface area contributed by atoms with Crippen LogP contribution in [0.5, 0.6) is 11.5 Å². The lowest BCUT2D eigenvalue weighted by atomic mass is 10.1. The fraction of sp³-hybridized carbons (Fsp3) is 0.0800. The van der Waals surface area contributed by atoms with E-state index in [-0.39, 0.29) is 23.9 Å². The first-order valence-corrected chi connectivity index (χ1v) is 12.2. The van der Waals surface area contributed by atoms with Crippen molar-refractivity contribution in [1.29, 1.82) is 0 Å². The van der Waals surface area contributed by atoms with E-state index in [0.717, 1.165) is 11.1 Å². The predicted octanol–water partition coefficient (Wildman–Crippen LogP) is 5.26. The first kappa shape index (κ1) is 23.0. The van der Waals surface area contributed by atoms with Crippen LogP contribution in [0.3, 0.4) is 0 Å². The van der Waals surface area contributed by atoms with Crippen molar-refractivity contribution in [2.75, 3.05) is 5.32 Å². The number of carbonyl (C=O) groups excluding carboxylic acids is 1. The number of allylic oxidation sites excluding steroid dienone is 1. The lowest BCUT2D eigenvalue weighted by Crippen LogP contribution is -2.05. The second kappa shape index (κ2) is 10.2. The summed E-state index contributed by atoms with van der Waals surface area (Å²) in [6.07, 6.45) is 10.3. The Hall–Kier alpha value is -3.76. The van der Waals surface area contributed by atoms with Crippen molar-refractivity contribution < 1.29 is 14.6 Å². The van der Waals surface area contributed by atoms with E-state index in [1.807, 2.05) is 12.1 Å². The molecule has 174 valence electrons. The van der Waals surface area contributed by atoms with E-state index in [4.69, 9.17) is 4.74 Å². The molecule has 10 heteroatoms. The van der Waals surface area contributed by atoms with Crippen LogP contribution in [0.4, 0.5) is 5.95 Å². The molecule has 4 aromatic rings. The number of ketones is 1. The topological polar surface area (TPSA) is 110 Å². The Balaban J connectivity index is 1.26. The van der Waals surface area contributed by atoms with E-state index in [1.54, 1.807) is 61.3 Å². The Morgan fingerprint density at radius 3 is 2.66 bits per heavy atom. The number of nitrogens with one attached hydrogen (secondary N) is 1. The maximum absolute atomic E-state index is 12.7. The van der Waals surface area contributed by atoms with Gasteiger partial charge in [-0.2, -0.15) is 0 Å². The van der Waals surface area contributed by atoms with Gasteiger partial charge in [0.1, 0.15) is 11.6 Å². The predicted molar refractivity (Wildman–Crippen MR) is 136 cm³/mol. The number of nitrogens with zero attached hydrogens (tertiary/aromatic N) is 4. The van der Waals surface area contributed by atoms with Crippen LogP contribution < -0.4 is 10.1 Å². The van der Waals surface area contributed by atoms with Crippen molar-refractivity contribution >= 4 is 45.5 Å². The second-order valence-corrected chi connectivity index (χ2v) is 9.44. The third kappa shape index (κ3) is 5.33. The molecule has 2 N–H and O–H groups in total. The summed E-state index contributed by atoms with van der Waals surface area (Å²) >= 11 is 4.77. The summed E-state index contributed by atoms with van der Waals surface area (Å²) in [5.74, 6) is 0.678. The van der Waals surface area contributed by atoms with Crippen molar-refractivity contribution in [3.63, 3.8) is 0 Å². The van der Waals surface area contributed by atoms with Gasteiger partial charge in [0.05, 0.1) is 10.5 Å². The molecular formula is C25H18BrN5O3S. The largest absolute Gasteiger partial charge is 0.504 e. The van der Waals surface area contributed by atoms with Crippen LogP contribution in [0.2, 0.25) is 0 Å². The van der Waals surface area contributed by atoms with Crippen LogP contribution in [-0.2, 0) is 13.2 Å². The normalized spacial score (nSPS) is 13.6. The summed E-state index contributed by atoms with van der Waals surface area (Å²) in [5.41, 5.74) is 3.06. The monoisotopic (exact) mass is 547 g/mol. The minimum Gasteiger partial charge on any atom is -0.504 e. The van der Waals surface area contributed by atoms with Gasteiger partial charge in [-0.1, -0.05) is 33.8 Å². The number of rotatable bonds is 7. The summed E-state index contributed by atoms with van der Waals surface area (Å²) in [5, 5.41) is 14.2. The maximum atomic E-state index is 12.7. The van der Waals surface area contributed by atoms with Gasteiger partial charge in [-0.15, -0.1) is 0 Å². The van der Waals surface area contributed by atoms with Gasteiger partial charge in [0.25, 0.3) is 0 Å². The molecule has 0 radical (unpaired) electrons. The Bertz CT molecular complexity index is 1410. The number of fused-ring (bicyclic) bond motifs is 1. The van der Waals surface area contributed by atoms with Crippen LogP contribution in [0.25, 0.3) is 6.08 Å². The average molecular weight is 548 g/mol. The second-order valence-electron chi connectivity index (χ2n) is 7.56. The minimum atomic E-state index is -0.0741. The first-order chi connectivity index (χ1) is 17.1. The highest BCUT2D eigenvalue weighted by Gasteiger charge is 2.27. The number of anilines is 1. The number of Topliss-reactive ketones (excluding diaryl/α,β-unsaturated/α-hetero) is 1. The summed E-state index contributed by atoms with van der Waals surface area (Å²) < 4.78 is 6.47. The number of thioether (sulfide) groups is 1. The van der Waals surface area contributed by atoms with Crippen LogP contribution in [0, 0.1) is 0 Å². The van der Waals surface area contributed by atoms with Crippen molar-refractivity contribution in [2.24, 2.45) is 0 Å². The molecule has 35 heavy (non-hydrogen) atoms. The fourth-order valence-electron chi connectivity index (χ4n) is 3.31. The molecule has 4 heterocycles. The molecule has 8 nitrogen and oxygen atoms in total. The van der Waals surface area contributed by atoms with Crippen LogP contribution >= 0.6 is 27.7 Å². The van der Waals surface area contributed by atoms with Gasteiger partial charge in [-0.05, 0) is 47.5 Å². The Morgan fingerprint density at radius 1 is 1.06 bits per heavy atom. The Kier molecular flexibility index (Phi) is 6.73. The van der Waals surface area contributed by atoms with Gasteiger partial charge in [-0.25, -0.2) is 15.0 Å². The van der Waals surface area contributed by atoms with Crippen molar-refractivity contribution in [3.05, 3.63) is 99.0 Å². The molecule has 0 bridgehead atoms. The lowest BCUT2D eigenvalue weighted by Gasteiger charge is -2.11. The number of ether oxygens (including phenoxy) is 1. The zero-order chi connectivity index (χ0) is 24.2. The van der Waals surface area contributed by atoms with E-state index in [1.165, 1.54) is 11.8 Å². The molecule has 0 unspecified atom stereocenters. The van der Waals surface area contributed by atoms with Gasteiger partial charge in [-0.3, -0.25) is 9.78 Å². The SMILES string of the molecule is O=C1/C(=C/c2cc(OCc3cnc(NCc4cccnc4)nc3)c(O)cc2Br)Sc2ncccc21. The molecule has 1 aromatic carbocycles. The minimum absolute atomic E-state index is 0.0231. The van der Waals surface area contributed by atoms with Crippen LogP contribution in [0.15, 0.2) is 81.8 Å². The standard InChI is InChI=1S/C25H18BrN5O3S/c26-19-9-20(32)21(7-17(19)8-22-23(33)18-4-2-6-28-24(18)35-22)34-14-16-12-30-25(31-13-16)29-11-15-3-1-5-27-10-15/h1-10,12-13,32H,11,14H2,(H,29,30,31)/b22-8-. The average Bonchev–Trinajstić information content (AvgIpc) is 3.20. The molecule has 0 saturated heterocycles.